The van der Waals surface area contributed by atoms with Crippen LogP contribution < -0.4 is 0 Å². The van der Waals surface area contributed by atoms with Crippen LogP contribution in [0.2, 0.25) is 0 Å². The van der Waals surface area contributed by atoms with Crippen LogP contribution in [0.4, 0.5) is 0 Å². The summed E-state index contributed by atoms with van der Waals surface area (Å²) in [7, 11) is 29.9. The molecule has 0 bridgehead atoms. The summed E-state index contributed by atoms with van der Waals surface area (Å²) in [5.74, 6) is 0. The summed E-state index contributed by atoms with van der Waals surface area (Å²) in [6.07, 6.45) is 0. The average molecular weight is 276 g/mol. The summed E-state index contributed by atoms with van der Waals surface area (Å²) >= 11 is 0. The second kappa shape index (κ2) is 1.46. The second-order valence-corrected chi connectivity index (χ2v) is 24.0. The van der Waals surface area contributed by atoms with E-state index in [2.05, 4.69) is 0 Å². The van der Waals surface area contributed by atoms with Gasteiger partial charge in [-0.05, 0) is 0 Å². The summed E-state index contributed by atoms with van der Waals surface area (Å²) in [5, 5.41) is -4.60. The van der Waals surface area contributed by atoms with E-state index in [1.165, 1.54) is 0 Å². The molecule has 0 atom stereocenters. The van der Waals surface area contributed by atoms with Crippen LogP contribution in [0.3, 0.4) is 0 Å². The van der Waals surface area contributed by atoms with Gasteiger partial charge in [-0.25, -0.2) is 0 Å². The zero-order valence-corrected chi connectivity index (χ0v) is 8.05. The molecule has 0 saturated carbocycles. The van der Waals surface area contributed by atoms with E-state index in [1.54, 1.807) is 0 Å². The van der Waals surface area contributed by atoms with Gasteiger partial charge in [-0.3, -0.25) is 0 Å². The molecular weight excluding hydrogens is 276 g/mol. The van der Waals surface area contributed by atoms with Crippen LogP contribution in [-0.4, -0.2) is 0 Å². The Hall–Kier alpha value is 2.26. The average Bonchev–Trinajstić information content (AvgIpc) is 0.592. The van der Waals surface area contributed by atoms with Gasteiger partial charge in [0.1, 0.15) is 0 Å². The molecule has 7 heteroatoms. The van der Waals surface area contributed by atoms with Gasteiger partial charge in [-0.2, -0.15) is 0 Å². The van der Waals surface area contributed by atoms with Gasteiger partial charge < -0.3 is 0 Å². The van der Waals surface area contributed by atoms with E-state index >= 15 is 0 Å². The molecule has 0 radical (unpaired) electrons. The van der Waals surface area contributed by atoms with E-state index in [9.17, 15) is 0 Å². The van der Waals surface area contributed by atoms with Crippen molar-refractivity contribution < 1.29 is 5.26 Å². The van der Waals surface area contributed by atoms with Crippen molar-refractivity contribution in [3.8, 4) is 0 Å². The fourth-order valence-electron chi connectivity index (χ4n) is 0. The Morgan fingerprint density at radius 2 is 0.571 bits per heavy atom. The van der Waals surface area contributed by atoms with Crippen LogP contribution in [0.15, 0.2) is 0 Å². The zero-order valence-electron chi connectivity index (χ0n) is 2.57. The summed E-state index contributed by atoms with van der Waals surface area (Å²) in [5.41, 5.74) is 0. The number of rotatable bonds is 0. The number of halogens is 6. The van der Waals surface area contributed by atoms with Gasteiger partial charge in [0.25, 0.3) is 0 Å². The van der Waals surface area contributed by atoms with Crippen molar-refractivity contribution in [3.05, 3.63) is 0 Å². The zero-order chi connectivity index (χ0) is 6.41. The molecule has 53 valence electrons. The molecule has 0 fully saturated rings. The van der Waals surface area contributed by atoms with Gasteiger partial charge in [0, 0.05) is 0 Å². The molecule has 0 aromatic carbocycles. The monoisotopic (exact) mass is 273 g/mol. The van der Waals surface area contributed by atoms with Crippen LogP contribution in [-0.2, 0) is 5.26 Å². The minimum atomic E-state index is -4.60. The van der Waals surface area contributed by atoms with Crippen LogP contribution in [0.25, 0.3) is 0 Å². The first-order chi connectivity index (χ1) is 2.45. The summed E-state index contributed by atoms with van der Waals surface area (Å²) in [4.78, 5) is 0. The molecule has 0 aliphatic heterocycles. The van der Waals surface area contributed by atoms with Gasteiger partial charge in [-0.1, -0.05) is 0 Å². The Morgan fingerprint density at radius 3 is 0.571 bits per heavy atom. The minimum absolute atomic E-state index is 4.60. The van der Waals surface area contributed by atoms with Crippen molar-refractivity contribution in [1.29, 1.82) is 0 Å². The normalized spacial score (nSPS) is 23.1. The number of hydrogen-bond donors (Lipinski definition) is 0. The van der Waals surface area contributed by atoms with E-state index < -0.39 is 5.26 Å². The van der Waals surface area contributed by atoms with E-state index in [-0.39, 0.29) is 0 Å². The first kappa shape index (κ1) is 9.26. The molecular formula is Cl6Cu. The van der Waals surface area contributed by atoms with Crippen molar-refractivity contribution in [2.45, 2.75) is 0 Å². The van der Waals surface area contributed by atoms with E-state index in [4.69, 9.17) is 60.6 Å². The third kappa shape index (κ3) is 63.4. The predicted molar refractivity (Wildman–Crippen MR) is 35.1 cm³/mol. The van der Waals surface area contributed by atoms with Gasteiger partial charge >= 0.3 is 65.9 Å². The quantitative estimate of drug-likeness (QED) is 0.583. The molecule has 0 N–H and O–H groups in total. The molecule has 0 heterocycles. The first-order valence-corrected chi connectivity index (χ1v) is 8.46. The number of hydrogen-bond acceptors (Lipinski definition) is 0. The van der Waals surface area contributed by atoms with E-state index in [0.717, 1.165) is 0 Å². The van der Waals surface area contributed by atoms with E-state index in [1.807, 2.05) is 0 Å². The van der Waals surface area contributed by atoms with E-state index in [0.29, 0.717) is 0 Å². The molecule has 7 heavy (non-hydrogen) atoms. The third-order valence-electron chi connectivity index (χ3n) is 0. The van der Waals surface area contributed by atoms with Crippen LogP contribution in [0.5, 0.6) is 0 Å². The van der Waals surface area contributed by atoms with Crippen LogP contribution >= 0.6 is 60.6 Å². The Morgan fingerprint density at radius 1 is 0.571 bits per heavy atom. The Bertz CT molecular complexity index is 62.7. The molecule has 0 amide bonds. The second-order valence-electron chi connectivity index (χ2n) is 0.646. The molecule has 0 nitrogen and oxygen atoms in total. The summed E-state index contributed by atoms with van der Waals surface area (Å²) in [6, 6.07) is 0. The van der Waals surface area contributed by atoms with Crippen molar-refractivity contribution in [2.75, 3.05) is 0 Å². The molecule has 0 aromatic rings. The summed E-state index contributed by atoms with van der Waals surface area (Å²) < 4.78 is 0. The third-order valence-corrected chi connectivity index (χ3v) is 0. The Balaban J connectivity index is 4.43. The molecule has 0 rings (SSSR count). The van der Waals surface area contributed by atoms with Crippen molar-refractivity contribution in [3.63, 3.8) is 0 Å². The van der Waals surface area contributed by atoms with Crippen LogP contribution in [0, 0.1) is 0 Å². The van der Waals surface area contributed by atoms with Crippen molar-refractivity contribution >= 4 is 60.6 Å². The van der Waals surface area contributed by atoms with Gasteiger partial charge in [0.05, 0.1) is 0 Å². The first-order valence-electron chi connectivity index (χ1n) is 0.684. The van der Waals surface area contributed by atoms with Crippen molar-refractivity contribution in [1.82, 2.24) is 0 Å². The van der Waals surface area contributed by atoms with Gasteiger partial charge in [0.2, 0.25) is 0 Å². The molecule has 0 aliphatic carbocycles. The molecule has 0 aromatic heterocycles. The molecule has 0 aliphatic rings. The fraction of sp³-hybridized carbons (Fsp3) is 0. The molecule has 0 spiro atoms. The topological polar surface area (TPSA) is 0 Å². The van der Waals surface area contributed by atoms with Crippen LogP contribution in [0.1, 0.15) is 0 Å². The molecule has 0 unspecified atom stereocenters. The maximum absolute atomic E-state index is 4.98. The summed E-state index contributed by atoms with van der Waals surface area (Å²) in [6.45, 7) is 0. The van der Waals surface area contributed by atoms with Crippen molar-refractivity contribution in [2.24, 2.45) is 0 Å². The van der Waals surface area contributed by atoms with Gasteiger partial charge in [-0.15, -0.1) is 0 Å². The standard InChI is InChI=1S/6ClH.Cu/h6*1H;/q;;;;;;+6/p-6. The SMILES string of the molecule is [Cl][Cu]([Cl])([Cl])([Cl])([Cl])[Cl]. The Labute approximate surface area is 65.2 Å². The maximum atomic E-state index is 4.98. The molecule has 0 saturated heterocycles. The fourth-order valence-corrected chi connectivity index (χ4v) is 0. The predicted octanol–water partition coefficient (Wildman–Crippen LogP) is 4.13. The van der Waals surface area contributed by atoms with Gasteiger partial charge in [0.15, 0.2) is 0 Å². The Kier molecular flexibility index (Phi) is 1.93.